The van der Waals surface area contributed by atoms with Crippen molar-refractivity contribution in [2.75, 3.05) is 16.8 Å². The van der Waals surface area contributed by atoms with Gasteiger partial charge in [-0.2, -0.15) is 0 Å². The molecule has 5 heteroatoms. The van der Waals surface area contributed by atoms with Gasteiger partial charge in [0.2, 0.25) is 0 Å². The van der Waals surface area contributed by atoms with Gasteiger partial charge >= 0.3 is 0 Å². The van der Waals surface area contributed by atoms with Crippen molar-refractivity contribution in [3.63, 3.8) is 0 Å². The van der Waals surface area contributed by atoms with E-state index < -0.39 is 0 Å². The van der Waals surface area contributed by atoms with Crippen LogP contribution in [0, 0.1) is 12.7 Å². The van der Waals surface area contributed by atoms with Crippen LogP contribution in [0.25, 0.3) is 0 Å². The summed E-state index contributed by atoms with van der Waals surface area (Å²) in [5.74, 6) is -0.752. The first-order chi connectivity index (χ1) is 8.97. The second-order valence-corrected chi connectivity index (χ2v) is 4.25. The minimum absolute atomic E-state index is 0.334. The molecule has 0 atom stereocenters. The molecule has 0 heterocycles. The van der Waals surface area contributed by atoms with Crippen molar-refractivity contribution in [2.24, 2.45) is 0 Å². The molecule has 2 aromatic carbocycles. The van der Waals surface area contributed by atoms with Gasteiger partial charge in [-0.1, -0.05) is 6.07 Å². The molecule has 4 nitrogen and oxygen atoms in total. The summed E-state index contributed by atoms with van der Waals surface area (Å²) >= 11 is 0. The van der Waals surface area contributed by atoms with E-state index in [4.69, 9.17) is 11.5 Å². The van der Waals surface area contributed by atoms with Gasteiger partial charge in [0, 0.05) is 28.2 Å². The first kappa shape index (κ1) is 12.9. The molecular weight excluding hydrogens is 245 g/mol. The lowest BCUT2D eigenvalue weighted by Gasteiger charge is -2.09. The summed E-state index contributed by atoms with van der Waals surface area (Å²) in [7, 11) is 0. The monoisotopic (exact) mass is 259 g/mol. The van der Waals surface area contributed by atoms with Crippen molar-refractivity contribution in [3.8, 4) is 0 Å². The number of hydrogen-bond acceptors (Lipinski definition) is 3. The SMILES string of the molecule is Cc1c(F)cccc1NC(=O)c1cc(N)cc(N)c1. The first-order valence-electron chi connectivity index (χ1n) is 5.70. The van der Waals surface area contributed by atoms with Crippen LogP contribution in [0.3, 0.4) is 0 Å². The summed E-state index contributed by atoms with van der Waals surface area (Å²) in [6.07, 6.45) is 0. The summed E-state index contributed by atoms with van der Waals surface area (Å²) < 4.78 is 13.4. The van der Waals surface area contributed by atoms with E-state index in [1.54, 1.807) is 19.1 Å². The number of nitrogen functional groups attached to an aromatic ring is 2. The van der Waals surface area contributed by atoms with E-state index in [-0.39, 0.29) is 11.7 Å². The maximum atomic E-state index is 13.4. The van der Waals surface area contributed by atoms with E-state index in [1.165, 1.54) is 24.3 Å². The number of benzene rings is 2. The van der Waals surface area contributed by atoms with Gasteiger partial charge in [0.05, 0.1) is 0 Å². The Kier molecular flexibility index (Phi) is 3.37. The lowest BCUT2D eigenvalue weighted by atomic mass is 10.1. The lowest BCUT2D eigenvalue weighted by molar-refractivity contribution is 0.102. The molecule has 0 aliphatic rings. The zero-order valence-electron chi connectivity index (χ0n) is 10.4. The maximum absolute atomic E-state index is 13.4. The molecule has 2 aromatic rings. The summed E-state index contributed by atoms with van der Waals surface area (Å²) in [6.45, 7) is 1.60. The number of nitrogens with two attached hydrogens (primary N) is 2. The third-order valence-corrected chi connectivity index (χ3v) is 2.76. The second kappa shape index (κ2) is 4.97. The van der Waals surface area contributed by atoms with Gasteiger partial charge < -0.3 is 16.8 Å². The predicted octanol–water partition coefficient (Wildman–Crippen LogP) is 2.55. The Morgan fingerprint density at radius 3 is 2.42 bits per heavy atom. The van der Waals surface area contributed by atoms with Crippen LogP contribution in [-0.4, -0.2) is 5.91 Å². The molecular formula is C14H14FN3O. The van der Waals surface area contributed by atoms with Crippen LogP contribution < -0.4 is 16.8 Å². The van der Waals surface area contributed by atoms with Gasteiger partial charge in [0.1, 0.15) is 5.82 Å². The van der Waals surface area contributed by atoms with Crippen molar-refractivity contribution in [2.45, 2.75) is 6.92 Å². The zero-order chi connectivity index (χ0) is 14.0. The first-order valence-corrected chi connectivity index (χ1v) is 5.70. The quantitative estimate of drug-likeness (QED) is 0.725. The van der Waals surface area contributed by atoms with Crippen molar-refractivity contribution in [1.82, 2.24) is 0 Å². The number of anilines is 3. The van der Waals surface area contributed by atoms with E-state index in [1.807, 2.05) is 0 Å². The molecule has 5 N–H and O–H groups in total. The number of carbonyl (C=O) groups excluding carboxylic acids is 1. The van der Waals surface area contributed by atoms with Gasteiger partial charge in [-0.15, -0.1) is 0 Å². The standard InChI is InChI=1S/C14H14FN3O/c1-8-12(15)3-2-4-13(8)18-14(19)9-5-10(16)7-11(17)6-9/h2-7H,16-17H2,1H3,(H,18,19). The highest BCUT2D eigenvalue weighted by molar-refractivity contribution is 6.05. The Bertz CT molecular complexity index is 620. The minimum Gasteiger partial charge on any atom is -0.399 e. The molecule has 2 rings (SSSR count). The fourth-order valence-corrected chi connectivity index (χ4v) is 1.75. The van der Waals surface area contributed by atoms with Crippen LogP contribution in [0.1, 0.15) is 15.9 Å². The fraction of sp³-hybridized carbons (Fsp3) is 0.0714. The molecule has 0 bridgehead atoms. The Morgan fingerprint density at radius 1 is 1.16 bits per heavy atom. The van der Waals surface area contributed by atoms with E-state index in [9.17, 15) is 9.18 Å². The number of amides is 1. The van der Waals surface area contributed by atoms with Crippen LogP contribution in [-0.2, 0) is 0 Å². The molecule has 0 radical (unpaired) electrons. The zero-order valence-corrected chi connectivity index (χ0v) is 10.4. The van der Waals surface area contributed by atoms with E-state index in [2.05, 4.69) is 5.32 Å². The minimum atomic E-state index is -0.382. The van der Waals surface area contributed by atoms with Crippen LogP contribution >= 0.6 is 0 Å². The molecule has 0 aliphatic heterocycles. The van der Waals surface area contributed by atoms with E-state index in [0.29, 0.717) is 28.2 Å². The van der Waals surface area contributed by atoms with Crippen molar-refractivity contribution in [1.29, 1.82) is 0 Å². The Balaban J connectivity index is 2.28. The Labute approximate surface area is 110 Å². The van der Waals surface area contributed by atoms with Crippen LogP contribution in [0.5, 0.6) is 0 Å². The molecule has 1 amide bonds. The van der Waals surface area contributed by atoms with Gasteiger partial charge in [-0.25, -0.2) is 4.39 Å². The number of nitrogens with one attached hydrogen (secondary N) is 1. The second-order valence-electron chi connectivity index (χ2n) is 4.25. The fourth-order valence-electron chi connectivity index (χ4n) is 1.75. The van der Waals surface area contributed by atoms with Gasteiger partial charge in [0.25, 0.3) is 5.91 Å². The Hall–Kier alpha value is -2.56. The third kappa shape index (κ3) is 2.82. The summed E-state index contributed by atoms with van der Waals surface area (Å²) in [5, 5.41) is 2.63. The summed E-state index contributed by atoms with van der Waals surface area (Å²) in [6, 6.07) is 9.09. The largest absolute Gasteiger partial charge is 0.399 e. The number of rotatable bonds is 2. The number of carbonyl (C=O) groups is 1. The highest BCUT2D eigenvalue weighted by Crippen LogP contribution is 2.20. The van der Waals surface area contributed by atoms with E-state index >= 15 is 0 Å². The van der Waals surface area contributed by atoms with E-state index in [0.717, 1.165) is 0 Å². The third-order valence-electron chi connectivity index (χ3n) is 2.76. The molecule has 0 saturated carbocycles. The van der Waals surface area contributed by atoms with Gasteiger partial charge in [-0.05, 0) is 37.3 Å². The van der Waals surface area contributed by atoms with Gasteiger partial charge in [0.15, 0.2) is 0 Å². The highest BCUT2D eigenvalue weighted by Gasteiger charge is 2.10. The molecule has 0 aromatic heterocycles. The maximum Gasteiger partial charge on any atom is 0.255 e. The molecule has 0 saturated heterocycles. The normalized spacial score (nSPS) is 10.2. The number of hydrogen-bond donors (Lipinski definition) is 3. The lowest BCUT2D eigenvalue weighted by Crippen LogP contribution is -2.14. The summed E-state index contributed by atoms with van der Waals surface area (Å²) in [5.41, 5.74) is 13.2. The average Bonchev–Trinajstić information content (AvgIpc) is 2.33. The van der Waals surface area contributed by atoms with Crippen LogP contribution in [0.4, 0.5) is 21.5 Å². The molecule has 0 spiro atoms. The molecule has 19 heavy (non-hydrogen) atoms. The predicted molar refractivity (Wildman–Crippen MR) is 74.4 cm³/mol. The highest BCUT2D eigenvalue weighted by atomic mass is 19.1. The molecule has 0 unspecified atom stereocenters. The van der Waals surface area contributed by atoms with Crippen LogP contribution in [0.2, 0.25) is 0 Å². The van der Waals surface area contributed by atoms with Crippen LogP contribution in [0.15, 0.2) is 36.4 Å². The van der Waals surface area contributed by atoms with Crippen molar-refractivity contribution >= 4 is 23.0 Å². The molecule has 0 fully saturated rings. The van der Waals surface area contributed by atoms with Crippen molar-refractivity contribution < 1.29 is 9.18 Å². The smallest absolute Gasteiger partial charge is 0.255 e. The van der Waals surface area contributed by atoms with Gasteiger partial charge in [-0.3, -0.25) is 4.79 Å². The Morgan fingerprint density at radius 2 is 1.79 bits per heavy atom. The molecule has 0 aliphatic carbocycles. The average molecular weight is 259 g/mol. The van der Waals surface area contributed by atoms with Crippen molar-refractivity contribution in [3.05, 3.63) is 53.3 Å². The summed E-state index contributed by atoms with van der Waals surface area (Å²) in [4.78, 5) is 12.0. The number of halogens is 1. The molecule has 98 valence electrons. The topological polar surface area (TPSA) is 81.1 Å².